The molecule has 7 heteroatoms. The zero-order valence-electron chi connectivity index (χ0n) is 6.05. The fraction of sp³-hybridized carbons (Fsp3) is 0. The van der Waals surface area contributed by atoms with Crippen molar-refractivity contribution < 1.29 is 21.1 Å². The molecule has 0 saturated carbocycles. The molecule has 6 nitrogen and oxygen atoms in total. The fourth-order valence-corrected chi connectivity index (χ4v) is 0. The van der Waals surface area contributed by atoms with Crippen LogP contribution in [0.5, 0.6) is 0 Å². The summed E-state index contributed by atoms with van der Waals surface area (Å²) in [5.41, 5.74) is 0. The molecule has 12 heavy (non-hydrogen) atoms. The topological polar surface area (TPSA) is 155 Å². The summed E-state index contributed by atoms with van der Waals surface area (Å²) < 4.78 is 0. The van der Waals surface area contributed by atoms with Crippen molar-refractivity contribution in [3.05, 3.63) is 32.9 Å². The Labute approximate surface area is 86.7 Å². The molecule has 0 aliphatic carbocycles. The molecule has 0 aliphatic heterocycles. The van der Waals surface area contributed by atoms with Crippen LogP contribution >= 0.6 is 0 Å². The molecule has 0 aromatic carbocycles. The minimum Gasteiger partial charge on any atom is -0.512 e. The van der Waals surface area contributed by atoms with E-state index >= 15 is 0 Å². The van der Waals surface area contributed by atoms with Gasteiger partial charge >= 0.3 is 21.1 Å². The molecule has 0 aromatic heterocycles. The Bertz CT molecular complexity index is 74.5. The van der Waals surface area contributed by atoms with Crippen molar-refractivity contribution in [2.75, 3.05) is 0 Å². The Morgan fingerprint density at radius 3 is 0.417 bits per heavy atom. The molecule has 0 aliphatic rings. The molecule has 0 amide bonds. The van der Waals surface area contributed by atoms with Gasteiger partial charge in [-0.15, -0.1) is 0 Å². The molecule has 0 fully saturated rings. The molecule has 0 atom stereocenters. The van der Waals surface area contributed by atoms with Gasteiger partial charge in [0.2, 0.25) is 0 Å². The average Bonchev–Trinajstić information content (AvgIpc) is 2.20. The predicted molar refractivity (Wildman–Crippen MR) is 30.8 cm³/mol. The number of nitrogens with zero attached hydrogens (tertiary/aromatic N) is 5. The van der Waals surface area contributed by atoms with E-state index in [1.807, 2.05) is 0 Å². The molecule has 0 radical (unpaired) electrons. The van der Waals surface area contributed by atoms with E-state index in [9.17, 15) is 0 Å². The van der Waals surface area contributed by atoms with Gasteiger partial charge in [-0.3, -0.25) is 0 Å². The van der Waals surface area contributed by atoms with Gasteiger partial charge in [0.25, 0.3) is 0 Å². The molecular formula is C5H4N6Pt. The van der Waals surface area contributed by atoms with Crippen molar-refractivity contribution in [3.8, 4) is 0 Å². The molecule has 0 saturated heterocycles. The number of hydrogen-bond acceptors (Lipinski definition) is 5. The molecule has 64 valence electrons. The molecule has 0 aromatic rings. The second-order valence-corrected chi connectivity index (χ2v) is 0. The van der Waals surface area contributed by atoms with E-state index in [1.165, 1.54) is 0 Å². The van der Waals surface area contributed by atoms with Gasteiger partial charge in [-0.05, 0) is 0 Å². The third-order valence-electron chi connectivity index (χ3n) is 0. The monoisotopic (exact) mass is 343 g/mol. The third-order valence-corrected chi connectivity index (χ3v) is 0. The van der Waals surface area contributed by atoms with Gasteiger partial charge in [-0.1, -0.05) is 0 Å². The molecule has 0 rings (SSSR count). The van der Waals surface area contributed by atoms with Crippen molar-refractivity contribution in [1.29, 1.82) is 26.3 Å². The van der Waals surface area contributed by atoms with E-state index in [0.717, 1.165) is 0 Å². The fourth-order valence-electron chi connectivity index (χ4n) is 0. The summed E-state index contributed by atoms with van der Waals surface area (Å²) in [6.45, 7) is 23.8. The first-order valence-electron chi connectivity index (χ1n) is 1.12. The Balaban J connectivity index is -0.00000000500. The summed E-state index contributed by atoms with van der Waals surface area (Å²) in [4.78, 5) is 0. The Morgan fingerprint density at radius 2 is 0.417 bits per heavy atom. The van der Waals surface area contributed by atoms with Crippen LogP contribution in [0.2, 0.25) is 0 Å². The van der Waals surface area contributed by atoms with E-state index in [1.54, 1.807) is 0 Å². The van der Waals surface area contributed by atoms with Crippen LogP contribution in [0.1, 0.15) is 0 Å². The second kappa shape index (κ2) is 165. The molecule has 4 N–H and O–H groups in total. The maximum Gasteiger partial charge on any atom is 4.00 e. The van der Waals surface area contributed by atoms with Crippen LogP contribution < -0.4 is 6.15 Å². The number of hydrogen-bond donors (Lipinski definition) is 1. The van der Waals surface area contributed by atoms with Crippen molar-refractivity contribution in [3.63, 3.8) is 0 Å². The largest absolute Gasteiger partial charge is 4.00 e. The average molecular weight is 343 g/mol. The van der Waals surface area contributed by atoms with Crippen molar-refractivity contribution in [1.82, 2.24) is 6.15 Å². The van der Waals surface area contributed by atoms with Crippen LogP contribution in [0.3, 0.4) is 0 Å². The van der Waals surface area contributed by atoms with Crippen molar-refractivity contribution in [2.45, 2.75) is 0 Å². The van der Waals surface area contributed by atoms with E-state index < -0.39 is 0 Å². The van der Waals surface area contributed by atoms with Gasteiger partial charge < -0.3 is 65.3 Å². The number of quaternary nitrogens is 1. The first-order chi connectivity index (χ1) is 5.00. The van der Waals surface area contributed by atoms with Crippen molar-refractivity contribution in [2.24, 2.45) is 0 Å². The van der Waals surface area contributed by atoms with Gasteiger partial charge in [0.15, 0.2) is 0 Å². The first kappa shape index (κ1) is 87.1. The summed E-state index contributed by atoms with van der Waals surface area (Å²) in [5, 5.41) is 31.2. The Morgan fingerprint density at radius 1 is 0.417 bits per heavy atom. The van der Waals surface area contributed by atoms with Gasteiger partial charge in [-0.2, -0.15) is 0 Å². The van der Waals surface area contributed by atoms with E-state index in [-0.39, 0.29) is 27.2 Å². The zero-order chi connectivity index (χ0) is 10.0. The maximum atomic E-state index is 6.25. The second-order valence-electron chi connectivity index (χ2n) is 0. The summed E-state index contributed by atoms with van der Waals surface area (Å²) in [6, 6.07) is 0. The SMILES string of the molecule is [C-]#N.[C-]#N.[C-]#N.[C-]#N.[C-]#N.[NH4+].[Pt+4]. The van der Waals surface area contributed by atoms with Gasteiger partial charge in [0.1, 0.15) is 0 Å². The number of rotatable bonds is 0. The summed E-state index contributed by atoms with van der Waals surface area (Å²) in [6.07, 6.45) is 0. The van der Waals surface area contributed by atoms with Crippen molar-refractivity contribution >= 4 is 0 Å². The van der Waals surface area contributed by atoms with Crippen LogP contribution in [0.25, 0.3) is 0 Å². The zero-order valence-corrected chi connectivity index (χ0v) is 8.32. The third kappa shape index (κ3) is 113. The predicted octanol–water partition coefficient (Wildman–Crippen LogP) is 0.856. The van der Waals surface area contributed by atoms with Gasteiger partial charge in [0.05, 0.1) is 0 Å². The molecule has 0 heterocycles. The summed E-state index contributed by atoms with van der Waals surface area (Å²) in [7, 11) is 0. The van der Waals surface area contributed by atoms with Gasteiger partial charge in [-0.25, -0.2) is 0 Å². The molecule has 0 spiro atoms. The summed E-state index contributed by atoms with van der Waals surface area (Å²) >= 11 is 0. The van der Waals surface area contributed by atoms with Gasteiger partial charge in [0, 0.05) is 0 Å². The Kier molecular flexibility index (Phi) is 1200. The van der Waals surface area contributed by atoms with Crippen LogP contribution in [-0.2, 0) is 21.1 Å². The maximum absolute atomic E-state index is 6.25. The van der Waals surface area contributed by atoms with Crippen LogP contribution in [-0.4, -0.2) is 0 Å². The first-order valence-corrected chi connectivity index (χ1v) is 1.12. The minimum absolute atomic E-state index is 0. The standard InChI is InChI=1S/5CN.H3N.Pt/c5*1-2;;/h;;;;;1H3;/q5*-1;;+4/p+1. The van der Waals surface area contributed by atoms with Crippen LogP contribution in [0.4, 0.5) is 0 Å². The molecule has 0 unspecified atom stereocenters. The Hall–Kier alpha value is -1.90. The van der Waals surface area contributed by atoms with Crippen LogP contribution in [0.15, 0.2) is 0 Å². The quantitative estimate of drug-likeness (QED) is 0.645. The van der Waals surface area contributed by atoms with E-state index in [4.69, 9.17) is 59.2 Å². The summed E-state index contributed by atoms with van der Waals surface area (Å²) in [5.74, 6) is 0. The van der Waals surface area contributed by atoms with E-state index in [0.29, 0.717) is 0 Å². The normalized spacial score (nSPS) is 0.833. The molecular weight excluding hydrogens is 339 g/mol. The van der Waals surface area contributed by atoms with Crippen LogP contribution in [0, 0.1) is 59.2 Å². The minimum atomic E-state index is 0. The molecule has 0 bridgehead atoms. The van der Waals surface area contributed by atoms with E-state index in [2.05, 4.69) is 0 Å². The smallest absolute Gasteiger partial charge is 0.512 e.